The number of allylic oxidation sites excluding steroid dienone is 2. The monoisotopic (exact) mass is 717 g/mol. The summed E-state index contributed by atoms with van der Waals surface area (Å²) in [6.07, 6.45) is 5.30. The van der Waals surface area contributed by atoms with Crippen molar-refractivity contribution in [3.05, 3.63) is 206 Å². The van der Waals surface area contributed by atoms with Crippen LogP contribution >= 0.6 is 0 Å². The molecule has 0 fully saturated rings. The summed E-state index contributed by atoms with van der Waals surface area (Å²) < 4.78 is 0. The molecular formula is C53H39N3. The first-order valence-corrected chi connectivity index (χ1v) is 19.5. The molecule has 0 radical (unpaired) electrons. The van der Waals surface area contributed by atoms with Gasteiger partial charge in [0.05, 0.1) is 22.6 Å². The number of hydrogen-bond acceptors (Lipinski definition) is 3. The van der Waals surface area contributed by atoms with E-state index in [1.54, 1.807) is 0 Å². The number of benzene rings is 7. The van der Waals surface area contributed by atoms with Gasteiger partial charge < -0.3 is 0 Å². The zero-order chi connectivity index (χ0) is 37.3. The fourth-order valence-corrected chi connectivity index (χ4v) is 8.27. The molecule has 1 atom stereocenters. The summed E-state index contributed by atoms with van der Waals surface area (Å²) in [6, 6.07) is 66.8. The van der Waals surface area contributed by atoms with Crippen LogP contribution in [-0.4, -0.2) is 15.0 Å². The second-order valence-corrected chi connectivity index (χ2v) is 14.7. The van der Waals surface area contributed by atoms with Gasteiger partial charge in [-0.05, 0) is 87.5 Å². The maximum atomic E-state index is 5.26. The number of aromatic nitrogens is 3. The van der Waals surface area contributed by atoms with Crippen molar-refractivity contribution in [2.24, 2.45) is 0 Å². The molecule has 0 bridgehead atoms. The van der Waals surface area contributed by atoms with Gasteiger partial charge in [0, 0.05) is 22.1 Å². The molecular weight excluding hydrogens is 679 g/mol. The predicted octanol–water partition coefficient (Wildman–Crippen LogP) is 13.9. The van der Waals surface area contributed by atoms with Gasteiger partial charge in [-0.1, -0.05) is 176 Å². The van der Waals surface area contributed by atoms with Crippen LogP contribution in [0.2, 0.25) is 0 Å². The quantitative estimate of drug-likeness (QED) is 0.154. The molecule has 0 N–H and O–H groups in total. The summed E-state index contributed by atoms with van der Waals surface area (Å²) in [5.41, 5.74) is 14.5. The van der Waals surface area contributed by atoms with Crippen molar-refractivity contribution in [2.45, 2.75) is 25.2 Å². The Morgan fingerprint density at radius 3 is 1.59 bits per heavy atom. The topological polar surface area (TPSA) is 38.7 Å². The van der Waals surface area contributed by atoms with E-state index in [9.17, 15) is 0 Å². The summed E-state index contributed by atoms with van der Waals surface area (Å²) in [4.78, 5) is 15.7. The maximum absolute atomic E-state index is 5.26. The van der Waals surface area contributed by atoms with Crippen molar-refractivity contribution < 1.29 is 0 Å². The molecule has 0 spiro atoms. The highest BCUT2D eigenvalue weighted by Crippen LogP contribution is 2.41. The lowest BCUT2D eigenvalue weighted by molar-refractivity contribution is 0.625. The van der Waals surface area contributed by atoms with Crippen LogP contribution in [-0.2, 0) is 0 Å². The lowest BCUT2D eigenvalue weighted by Gasteiger charge is -2.24. The molecule has 0 saturated carbocycles. The standard InChI is InChI=1S/C53H39N3/c1-5-14-36(15-6-1)37-24-27-42(28-25-37)51-35-50(41-20-11-4-12-21-41)55-53(56-51)45-23-13-22-43(32-45)44-29-26-39-30-31-48-52(46(39)33-44)47(38-16-7-2-8-17-38)34-49(54-48)40-18-9-3-10-19-40/h1-12,14-21,23-31,33-35,43H,13,22,32H2. The Hall–Kier alpha value is -6.97. The van der Waals surface area contributed by atoms with Crippen LogP contribution in [0.5, 0.6) is 0 Å². The van der Waals surface area contributed by atoms with Crippen LogP contribution in [0.1, 0.15) is 36.6 Å². The summed E-state index contributed by atoms with van der Waals surface area (Å²) in [5, 5.41) is 3.66. The number of nitrogens with zero attached hydrogens (tertiary/aromatic N) is 3. The van der Waals surface area contributed by atoms with Crippen LogP contribution in [0, 0.1) is 0 Å². The van der Waals surface area contributed by atoms with Gasteiger partial charge >= 0.3 is 0 Å². The molecule has 3 nitrogen and oxygen atoms in total. The van der Waals surface area contributed by atoms with Crippen molar-refractivity contribution in [2.75, 3.05) is 0 Å². The minimum atomic E-state index is 0.337. The van der Waals surface area contributed by atoms with Crippen molar-refractivity contribution in [1.29, 1.82) is 0 Å². The molecule has 2 aromatic heterocycles. The van der Waals surface area contributed by atoms with E-state index >= 15 is 0 Å². The normalized spacial score (nSPS) is 14.1. The highest BCUT2D eigenvalue weighted by Gasteiger charge is 2.23. The molecule has 7 aromatic carbocycles. The number of pyridine rings is 1. The molecule has 1 unspecified atom stereocenters. The van der Waals surface area contributed by atoms with Gasteiger partial charge in [-0.2, -0.15) is 0 Å². The van der Waals surface area contributed by atoms with E-state index in [-0.39, 0.29) is 0 Å². The zero-order valence-corrected chi connectivity index (χ0v) is 31.0. The van der Waals surface area contributed by atoms with Crippen LogP contribution in [0.15, 0.2) is 194 Å². The van der Waals surface area contributed by atoms with Crippen LogP contribution in [0.3, 0.4) is 0 Å². The van der Waals surface area contributed by atoms with E-state index in [1.807, 2.05) is 0 Å². The smallest absolute Gasteiger partial charge is 0.156 e. The fraction of sp³-hybridized carbons (Fsp3) is 0.0755. The van der Waals surface area contributed by atoms with Crippen LogP contribution in [0.4, 0.5) is 0 Å². The summed E-state index contributed by atoms with van der Waals surface area (Å²) in [6.45, 7) is 0. The molecule has 56 heavy (non-hydrogen) atoms. The molecule has 9 aromatic rings. The van der Waals surface area contributed by atoms with Crippen molar-refractivity contribution in [1.82, 2.24) is 15.0 Å². The van der Waals surface area contributed by atoms with Gasteiger partial charge in [0.1, 0.15) is 0 Å². The van der Waals surface area contributed by atoms with E-state index in [4.69, 9.17) is 15.0 Å². The Morgan fingerprint density at radius 1 is 0.429 bits per heavy atom. The van der Waals surface area contributed by atoms with Gasteiger partial charge in [-0.15, -0.1) is 0 Å². The Morgan fingerprint density at radius 2 is 0.946 bits per heavy atom. The summed E-state index contributed by atoms with van der Waals surface area (Å²) in [5.74, 6) is 1.15. The number of fused-ring (bicyclic) bond motifs is 3. The molecule has 0 saturated heterocycles. The largest absolute Gasteiger partial charge is 0.248 e. The van der Waals surface area contributed by atoms with Gasteiger partial charge in [-0.25, -0.2) is 15.0 Å². The second-order valence-electron chi connectivity index (χ2n) is 14.7. The summed E-state index contributed by atoms with van der Waals surface area (Å²) >= 11 is 0. The van der Waals surface area contributed by atoms with E-state index < -0.39 is 0 Å². The molecule has 0 amide bonds. The molecule has 1 aliphatic rings. The van der Waals surface area contributed by atoms with Crippen molar-refractivity contribution in [3.8, 4) is 56.0 Å². The molecule has 10 rings (SSSR count). The number of rotatable bonds is 7. The lowest BCUT2D eigenvalue weighted by Crippen LogP contribution is -2.08. The Kier molecular flexibility index (Phi) is 8.81. The molecule has 1 aliphatic carbocycles. The fourth-order valence-electron chi connectivity index (χ4n) is 8.27. The van der Waals surface area contributed by atoms with Crippen LogP contribution < -0.4 is 0 Å². The average molecular weight is 718 g/mol. The highest BCUT2D eigenvalue weighted by atomic mass is 14.9. The van der Waals surface area contributed by atoms with Crippen molar-refractivity contribution >= 4 is 27.2 Å². The minimum Gasteiger partial charge on any atom is -0.248 e. The summed E-state index contributed by atoms with van der Waals surface area (Å²) in [7, 11) is 0. The first-order chi connectivity index (χ1) is 27.7. The number of hydrogen-bond donors (Lipinski definition) is 0. The van der Waals surface area contributed by atoms with Gasteiger partial charge in [0.2, 0.25) is 0 Å². The average Bonchev–Trinajstić information content (AvgIpc) is 3.29. The molecule has 0 aliphatic heterocycles. The third-order valence-electron chi connectivity index (χ3n) is 11.2. The van der Waals surface area contributed by atoms with Crippen LogP contribution in [0.25, 0.3) is 83.3 Å². The lowest BCUT2D eigenvalue weighted by atomic mass is 9.82. The molecule has 266 valence electrons. The second kappa shape index (κ2) is 14.7. The first kappa shape index (κ1) is 33.6. The van der Waals surface area contributed by atoms with E-state index in [0.717, 1.165) is 64.4 Å². The Balaban J connectivity index is 1.04. The molecule has 2 heterocycles. The highest BCUT2D eigenvalue weighted by molar-refractivity contribution is 6.14. The van der Waals surface area contributed by atoms with Gasteiger partial charge in [0.25, 0.3) is 0 Å². The van der Waals surface area contributed by atoms with Crippen molar-refractivity contribution in [3.63, 3.8) is 0 Å². The maximum Gasteiger partial charge on any atom is 0.156 e. The van der Waals surface area contributed by atoms with E-state index in [0.29, 0.717) is 5.92 Å². The first-order valence-electron chi connectivity index (χ1n) is 19.5. The SMILES string of the molecule is C1=C(c2nc(-c3ccccc3)cc(-c3ccc(-c4ccccc4)cc3)n2)CC(c2ccc3ccc4nc(-c5ccccc5)cc(-c5ccccc5)c4c3c2)CC1. The third kappa shape index (κ3) is 6.58. The van der Waals surface area contributed by atoms with E-state index in [1.165, 1.54) is 49.5 Å². The zero-order valence-electron chi connectivity index (χ0n) is 31.0. The predicted molar refractivity (Wildman–Crippen MR) is 233 cm³/mol. The Labute approximate surface area is 327 Å². The third-order valence-corrected chi connectivity index (χ3v) is 11.2. The molecule has 3 heteroatoms. The van der Waals surface area contributed by atoms with Gasteiger partial charge in [-0.3, -0.25) is 0 Å². The minimum absolute atomic E-state index is 0.337. The Bertz CT molecular complexity index is 2850. The van der Waals surface area contributed by atoms with E-state index in [2.05, 4.69) is 194 Å². The van der Waals surface area contributed by atoms with Gasteiger partial charge in [0.15, 0.2) is 5.82 Å².